The van der Waals surface area contributed by atoms with Gasteiger partial charge in [0.15, 0.2) is 0 Å². The van der Waals surface area contributed by atoms with Crippen molar-refractivity contribution in [2.75, 3.05) is 26.2 Å². The monoisotopic (exact) mass is 442 g/mol. The number of nitrogens with zero attached hydrogens (tertiary/aromatic N) is 4. The van der Waals surface area contributed by atoms with Crippen molar-refractivity contribution in [2.24, 2.45) is 0 Å². The third kappa shape index (κ3) is 3.98. The molecule has 3 aromatic rings. The highest BCUT2D eigenvalue weighted by atomic mass is 32.2. The standard InChI is InChI=1S/C22H23FN4O3S/c1-16-14-21(17(2)27(16)19-7-5-18(23)6-8-19)22(28)25-10-12-26(13-11-25)31(29,30)20-4-3-9-24-15-20/h3-9,14-15H,10-13H2,1-2H3. The second-order valence-electron chi connectivity index (χ2n) is 7.48. The molecule has 1 aliphatic heterocycles. The summed E-state index contributed by atoms with van der Waals surface area (Å²) in [6.07, 6.45) is 2.86. The highest BCUT2D eigenvalue weighted by Crippen LogP contribution is 2.24. The summed E-state index contributed by atoms with van der Waals surface area (Å²) in [7, 11) is -3.63. The van der Waals surface area contributed by atoms with Gasteiger partial charge in [0, 0.05) is 55.6 Å². The number of aryl methyl sites for hydroxylation is 1. The molecule has 9 heteroatoms. The van der Waals surface area contributed by atoms with Crippen molar-refractivity contribution in [2.45, 2.75) is 18.7 Å². The molecule has 31 heavy (non-hydrogen) atoms. The van der Waals surface area contributed by atoms with Gasteiger partial charge >= 0.3 is 0 Å². The van der Waals surface area contributed by atoms with Crippen molar-refractivity contribution in [3.05, 3.63) is 77.6 Å². The summed E-state index contributed by atoms with van der Waals surface area (Å²) < 4.78 is 42.1. The fourth-order valence-electron chi connectivity index (χ4n) is 3.92. The Bertz CT molecular complexity index is 1200. The van der Waals surface area contributed by atoms with Crippen LogP contribution >= 0.6 is 0 Å². The minimum Gasteiger partial charge on any atom is -0.336 e. The SMILES string of the molecule is Cc1cc(C(=O)N2CCN(S(=O)(=O)c3cccnc3)CC2)c(C)n1-c1ccc(F)cc1. The van der Waals surface area contributed by atoms with Gasteiger partial charge in [0.05, 0.1) is 5.56 Å². The van der Waals surface area contributed by atoms with Crippen molar-refractivity contribution in [1.82, 2.24) is 18.8 Å². The Kier molecular flexibility index (Phi) is 5.63. The summed E-state index contributed by atoms with van der Waals surface area (Å²) >= 11 is 0. The number of pyridine rings is 1. The van der Waals surface area contributed by atoms with E-state index in [9.17, 15) is 17.6 Å². The molecule has 1 saturated heterocycles. The predicted octanol–water partition coefficient (Wildman–Crippen LogP) is 2.77. The minimum atomic E-state index is -3.63. The third-order valence-corrected chi connectivity index (χ3v) is 7.43. The predicted molar refractivity (Wildman–Crippen MR) is 114 cm³/mol. The van der Waals surface area contributed by atoms with Crippen LogP contribution in [0.25, 0.3) is 5.69 Å². The number of rotatable bonds is 4. The van der Waals surface area contributed by atoms with Gasteiger partial charge < -0.3 is 9.47 Å². The molecule has 0 unspecified atom stereocenters. The van der Waals surface area contributed by atoms with E-state index >= 15 is 0 Å². The van der Waals surface area contributed by atoms with Crippen LogP contribution in [0.1, 0.15) is 21.7 Å². The van der Waals surface area contributed by atoms with Crippen LogP contribution in [0.5, 0.6) is 0 Å². The normalized spacial score (nSPS) is 15.3. The van der Waals surface area contributed by atoms with E-state index < -0.39 is 10.0 Å². The Labute approximate surface area is 180 Å². The van der Waals surface area contributed by atoms with Crippen LogP contribution in [0.4, 0.5) is 4.39 Å². The molecule has 1 fully saturated rings. The summed E-state index contributed by atoms with van der Waals surface area (Å²) in [5.41, 5.74) is 2.97. The van der Waals surface area contributed by atoms with E-state index in [1.165, 1.54) is 34.9 Å². The van der Waals surface area contributed by atoms with Crippen LogP contribution in [-0.2, 0) is 10.0 Å². The summed E-state index contributed by atoms with van der Waals surface area (Å²) in [5.74, 6) is -0.457. The number of carbonyl (C=O) groups is 1. The molecule has 1 aromatic carbocycles. The zero-order valence-corrected chi connectivity index (χ0v) is 18.1. The maximum absolute atomic E-state index is 13.3. The lowest BCUT2D eigenvalue weighted by molar-refractivity contribution is 0.0697. The largest absolute Gasteiger partial charge is 0.336 e. The van der Waals surface area contributed by atoms with Gasteiger partial charge in [-0.05, 0) is 56.3 Å². The molecule has 0 atom stereocenters. The van der Waals surface area contributed by atoms with E-state index in [-0.39, 0.29) is 29.7 Å². The number of hydrogen-bond donors (Lipinski definition) is 0. The van der Waals surface area contributed by atoms with Crippen molar-refractivity contribution in [3.8, 4) is 5.69 Å². The van der Waals surface area contributed by atoms with Gasteiger partial charge in [0.25, 0.3) is 5.91 Å². The molecule has 3 heterocycles. The molecule has 0 bridgehead atoms. The molecule has 2 aromatic heterocycles. The Morgan fingerprint density at radius 2 is 1.71 bits per heavy atom. The first kappa shape index (κ1) is 21.2. The van der Waals surface area contributed by atoms with E-state index in [1.54, 1.807) is 23.1 Å². The third-order valence-electron chi connectivity index (χ3n) is 5.54. The highest BCUT2D eigenvalue weighted by Gasteiger charge is 2.31. The number of benzene rings is 1. The number of hydrogen-bond acceptors (Lipinski definition) is 4. The van der Waals surface area contributed by atoms with E-state index in [0.717, 1.165) is 17.1 Å². The van der Waals surface area contributed by atoms with E-state index in [1.807, 2.05) is 24.5 Å². The molecule has 1 amide bonds. The van der Waals surface area contributed by atoms with Crippen LogP contribution < -0.4 is 0 Å². The van der Waals surface area contributed by atoms with Gasteiger partial charge in [-0.15, -0.1) is 0 Å². The van der Waals surface area contributed by atoms with Crippen LogP contribution in [-0.4, -0.2) is 59.3 Å². The van der Waals surface area contributed by atoms with E-state index in [2.05, 4.69) is 4.98 Å². The zero-order chi connectivity index (χ0) is 22.2. The Morgan fingerprint density at radius 3 is 2.32 bits per heavy atom. The average Bonchev–Trinajstić information content (AvgIpc) is 3.08. The molecule has 0 radical (unpaired) electrons. The fourth-order valence-corrected chi connectivity index (χ4v) is 5.30. The summed E-state index contributed by atoms with van der Waals surface area (Å²) in [6.45, 7) is 4.80. The van der Waals surface area contributed by atoms with E-state index in [0.29, 0.717) is 18.7 Å². The number of amides is 1. The number of aromatic nitrogens is 2. The number of piperazine rings is 1. The average molecular weight is 443 g/mol. The first-order valence-corrected chi connectivity index (χ1v) is 11.4. The number of halogens is 1. The topological polar surface area (TPSA) is 75.5 Å². The van der Waals surface area contributed by atoms with Gasteiger partial charge in [-0.2, -0.15) is 4.31 Å². The fraction of sp³-hybridized carbons (Fsp3) is 0.273. The number of sulfonamides is 1. The van der Waals surface area contributed by atoms with Crippen LogP contribution in [0.15, 0.2) is 59.8 Å². The molecular formula is C22H23FN4O3S. The Balaban J connectivity index is 1.51. The summed E-state index contributed by atoms with van der Waals surface area (Å²) in [5, 5.41) is 0. The van der Waals surface area contributed by atoms with Gasteiger partial charge in [0.2, 0.25) is 10.0 Å². The van der Waals surface area contributed by atoms with Crippen molar-refractivity contribution in [1.29, 1.82) is 0 Å². The smallest absolute Gasteiger partial charge is 0.255 e. The molecule has 7 nitrogen and oxygen atoms in total. The van der Waals surface area contributed by atoms with Gasteiger partial charge in [-0.25, -0.2) is 12.8 Å². The lowest BCUT2D eigenvalue weighted by Gasteiger charge is -2.34. The maximum atomic E-state index is 13.3. The molecular weight excluding hydrogens is 419 g/mol. The van der Waals surface area contributed by atoms with Crippen LogP contribution in [0, 0.1) is 19.7 Å². The van der Waals surface area contributed by atoms with Crippen molar-refractivity contribution < 1.29 is 17.6 Å². The van der Waals surface area contributed by atoms with Crippen molar-refractivity contribution >= 4 is 15.9 Å². The molecule has 0 saturated carbocycles. The Hall–Kier alpha value is -3.04. The minimum absolute atomic E-state index is 0.139. The first-order chi connectivity index (χ1) is 14.8. The molecule has 1 aliphatic rings. The van der Waals surface area contributed by atoms with Crippen LogP contribution in [0.3, 0.4) is 0 Å². The summed E-state index contributed by atoms with van der Waals surface area (Å²) in [6, 6.07) is 11.0. The van der Waals surface area contributed by atoms with Gasteiger partial charge in [-0.3, -0.25) is 9.78 Å². The molecule has 0 spiro atoms. The zero-order valence-electron chi connectivity index (χ0n) is 17.3. The molecule has 0 N–H and O–H groups in total. The Morgan fingerprint density at radius 1 is 1.03 bits per heavy atom. The highest BCUT2D eigenvalue weighted by molar-refractivity contribution is 7.89. The van der Waals surface area contributed by atoms with Gasteiger partial charge in [-0.1, -0.05) is 0 Å². The molecule has 162 valence electrons. The first-order valence-electron chi connectivity index (χ1n) is 9.93. The summed E-state index contributed by atoms with van der Waals surface area (Å²) in [4.78, 5) is 18.9. The second kappa shape index (κ2) is 8.24. The van der Waals surface area contributed by atoms with Gasteiger partial charge in [0.1, 0.15) is 10.7 Å². The molecule has 0 aliphatic carbocycles. The lowest BCUT2D eigenvalue weighted by atomic mass is 10.2. The van der Waals surface area contributed by atoms with Crippen LogP contribution in [0.2, 0.25) is 0 Å². The van der Waals surface area contributed by atoms with E-state index in [4.69, 9.17) is 0 Å². The maximum Gasteiger partial charge on any atom is 0.255 e. The second-order valence-corrected chi connectivity index (χ2v) is 9.42. The van der Waals surface area contributed by atoms with Crippen molar-refractivity contribution in [3.63, 3.8) is 0 Å². The molecule has 4 rings (SSSR count). The number of carbonyl (C=O) groups excluding carboxylic acids is 1. The lowest BCUT2D eigenvalue weighted by Crippen LogP contribution is -2.50. The quantitative estimate of drug-likeness (QED) is 0.623.